The highest BCUT2D eigenvalue weighted by molar-refractivity contribution is 7.18. The van der Waals surface area contributed by atoms with Gasteiger partial charge in [0.25, 0.3) is 0 Å². The number of hydrogen-bond acceptors (Lipinski definition) is 7. The Bertz CT molecular complexity index is 828. The van der Waals surface area contributed by atoms with Crippen LogP contribution in [0, 0.1) is 0 Å². The molecule has 2 aromatic carbocycles. The molecule has 7 heteroatoms. The van der Waals surface area contributed by atoms with Crippen LogP contribution in [0.25, 0.3) is 10.6 Å². The minimum absolute atomic E-state index is 0.182. The number of phenols is 3. The molecule has 0 unspecified atom stereocenters. The molecule has 0 aliphatic carbocycles. The first-order chi connectivity index (χ1) is 10.6. The van der Waals surface area contributed by atoms with Crippen LogP contribution < -0.4 is 0 Å². The fraction of sp³-hybridized carbons (Fsp3) is 0. The van der Waals surface area contributed by atoms with Crippen LogP contribution in [0.2, 0.25) is 0 Å². The van der Waals surface area contributed by atoms with Crippen LogP contribution >= 0.6 is 11.3 Å². The number of aromatic hydroxyl groups is 3. The molecule has 0 spiro atoms. The quantitative estimate of drug-likeness (QED) is 0.510. The van der Waals surface area contributed by atoms with Crippen molar-refractivity contribution in [2.45, 2.75) is 0 Å². The molecule has 0 radical (unpaired) electrons. The molecule has 3 N–H and O–H groups in total. The van der Waals surface area contributed by atoms with Gasteiger partial charge in [-0.15, -0.1) is 10.2 Å². The third kappa shape index (κ3) is 3.04. The van der Waals surface area contributed by atoms with Crippen molar-refractivity contribution < 1.29 is 15.3 Å². The third-order valence-electron chi connectivity index (χ3n) is 2.85. The van der Waals surface area contributed by atoms with Gasteiger partial charge in [0.1, 0.15) is 10.8 Å². The molecule has 6 nitrogen and oxygen atoms in total. The summed E-state index contributed by atoms with van der Waals surface area (Å²) in [4.78, 5) is 4.22. The Balaban J connectivity index is 1.81. The molecule has 3 aromatic rings. The fourth-order valence-electron chi connectivity index (χ4n) is 1.73. The Kier molecular flexibility index (Phi) is 3.71. The third-order valence-corrected chi connectivity index (χ3v) is 3.73. The number of hydrogen-bond donors (Lipinski definition) is 3. The summed E-state index contributed by atoms with van der Waals surface area (Å²) in [6, 6.07) is 11.1. The molecule has 0 atom stereocenters. The molecule has 110 valence electrons. The van der Waals surface area contributed by atoms with Crippen LogP contribution in [-0.2, 0) is 0 Å². The molecule has 1 aromatic heterocycles. The highest BCUT2D eigenvalue weighted by atomic mass is 32.1. The van der Waals surface area contributed by atoms with Gasteiger partial charge in [-0.05, 0) is 48.0 Å². The molecule has 0 bridgehead atoms. The summed E-state index contributed by atoms with van der Waals surface area (Å²) in [5, 5.41) is 37.0. The minimum atomic E-state index is -0.207. The van der Waals surface area contributed by atoms with E-state index in [1.165, 1.54) is 23.5 Å². The van der Waals surface area contributed by atoms with Gasteiger partial charge in [-0.3, -0.25) is 0 Å². The molecule has 0 amide bonds. The van der Waals surface area contributed by atoms with Gasteiger partial charge in [-0.2, -0.15) is 0 Å². The second-order valence-corrected chi connectivity index (χ2v) is 5.40. The molecule has 3 rings (SSSR count). The maximum absolute atomic E-state index is 9.50. The van der Waals surface area contributed by atoms with Crippen LogP contribution in [0.5, 0.6) is 17.2 Å². The largest absolute Gasteiger partial charge is 0.508 e. The normalized spacial score (nSPS) is 11.1. The van der Waals surface area contributed by atoms with Gasteiger partial charge < -0.3 is 15.3 Å². The van der Waals surface area contributed by atoms with Crippen molar-refractivity contribution in [2.75, 3.05) is 0 Å². The number of nitrogens with zero attached hydrogens (tertiary/aromatic N) is 3. The lowest BCUT2D eigenvalue weighted by Crippen LogP contribution is -1.78. The highest BCUT2D eigenvalue weighted by Gasteiger charge is 2.08. The maximum atomic E-state index is 9.50. The molecular weight excluding hydrogens is 302 g/mol. The van der Waals surface area contributed by atoms with E-state index in [0.29, 0.717) is 15.7 Å². The van der Waals surface area contributed by atoms with Gasteiger partial charge in [0.2, 0.25) is 5.13 Å². The predicted molar refractivity (Wildman–Crippen MR) is 84.0 cm³/mol. The Morgan fingerprint density at radius 3 is 2.41 bits per heavy atom. The van der Waals surface area contributed by atoms with Crippen LogP contribution in [0.3, 0.4) is 0 Å². The summed E-state index contributed by atoms with van der Waals surface area (Å²) in [6.07, 6.45) is 1.62. The van der Waals surface area contributed by atoms with Gasteiger partial charge in [0, 0.05) is 11.8 Å². The molecule has 22 heavy (non-hydrogen) atoms. The monoisotopic (exact) mass is 313 g/mol. The van der Waals surface area contributed by atoms with E-state index >= 15 is 0 Å². The lowest BCUT2D eigenvalue weighted by molar-refractivity contribution is 0.404. The number of phenolic OH excluding ortho intramolecular Hbond substituents is 3. The SMILES string of the molecule is Oc1ccc(C=Nc2nnc(-c3ccc(O)c(O)c3)s2)cc1. The number of rotatable bonds is 3. The average molecular weight is 313 g/mol. The smallest absolute Gasteiger partial charge is 0.231 e. The van der Waals surface area contributed by atoms with Gasteiger partial charge in [-0.1, -0.05) is 11.3 Å². The number of aliphatic imine (C=N–C) groups is 1. The van der Waals surface area contributed by atoms with Crippen molar-refractivity contribution in [3.63, 3.8) is 0 Å². The molecule has 0 saturated heterocycles. The van der Waals surface area contributed by atoms with Crippen LogP contribution in [-0.4, -0.2) is 31.7 Å². The average Bonchev–Trinajstić information content (AvgIpc) is 2.98. The maximum Gasteiger partial charge on any atom is 0.231 e. The van der Waals surface area contributed by atoms with Gasteiger partial charge in [0.15, 0.2) is 11.5 Å². The summed E-state index contributed by atoms with van der Waals surface area (Å²) >= 11 is 1.26. The lowest BCUT2D eigenvalue weighted by Gasteiger charge is -1.98. The first-order valence-electron chi connectivity index (χ1n) is 6.31. The van der Waals surface area contributed by atoms with E-state index in [-0.39, 0.29) is 17.2 Å². The van der Waals surface area contributed by atoms with Crippen molar-refractivity contribution in [3.05, 3.63) is 48.0 Å². The lowest BCUT2D eigenvalue weighted by atomic mass is 10.2. The topological polar surface area (TPSA) is 98.8 Å². The zero-order valence-electron chi connectivity index (χ0n) is 11.2. The second kappa shape index (κ2) is 5.82. The first kappa shape index (κ1) is 14.0. The summed E-state index contributed by atoms with van der Waals surface area (Å²) in [6.45, 7) is 0. The Labute approximate surface area is 129 Å². The van der Waals surface area contributed by atoms with Crippen molar-refractivity contribution >= 4 is 22.7 Å². The van der Waals surface area contributed by atoms with Crippen LogP contribution in [0.15, 0.2) is 47.5 Å². The Morgan fingerprint density at radius 1 is 0.909 bits per heavy atom. The molecule has 0 fully saturated rings. The molecule has 0 saturated carbocycles. The highest BCUT2D eigenvalue weighted by Crippen LogP contribution is 2.33. The van der Waals surface area contributed by atoms with Crippen molar-refractivity contribution in [1.82, 2.24) is 10.2 Å². The van der Waals surface area contributed by atoms with Crippen molar-refractivity contribution in [2.24, 2.45) is 4.99 Å². The first-order valence-corrected chi connectivity index (χ1v) is 7.12. The summed E-state index contributed by atoms with van der Waals surface area (Å²) < 4.78 is 0. The summed E-state index contributed by atoms with van der Waals surface area (Å²) in [5.74, 6) is -0.192. The van der Waals surface area contributed by atoms with Crippen molar-refractivity contribution in [1.29, 1.82) is 0 Å². The van der Waals surface area contributed by atoms with Gasteiger partial charge in [-0.25, -0.2) is 4.99 Å². The fourth-order valence-corrected chi connectivity index (χ4v) is 2.42. The van der Waals surface area contributed by atoms with E-state index < -0.39 is 0 Å². The number of benzene rings is 2. The van der Waals surface area contributed by atoms with E-state index in [4.69, 9.17) is 0 Å². The molecule has 0 aliphatic rings. The summed E-state index contributed by atoms with van der Waals surface area (Å²) in [7, 11) is 0. The van der Waals surface area contributed by atoms with E-state index in [9.17, 15) is 15.3 Å². The Morgan fingerprint density at radius 2 is 1.68 bits per heavy atom. The van der Waals surface area contributed by atoms with Crippen LogP contribution in [0.1, 0.15) is 5.56 Å². The van der Waals surface area contributed by atoms with Gasteiger partial charge in [0.05, 0.1) is 0 Å². The molecule has 0 aliphatic heterocycles. The van der Waals surface area contributed by atoms with E-state index in [0.717, 1.165) is 5.56 Å². The molecule has 1 heterocycles. The Hall–Kier alpha value is -2.93. The summed E-state index contributed by atoms with van der Waals surface area (Å²) in [5.41, 5.74) is 1.48. The standard InChI is InChI=1S/C15H11N3O3S/c19-11-4-1-9(2-5-11)8-16-15-18-17-14(22-15)10-3-6-12(20)13(21)7-10/h1-8,19-21H. The van der Waals surface area contributed by atoms with Crippen molar-refractivity contribution in [3.8, 4) is 27.8 Å². The predicted octanol–water partition coefficient (Wildman–Crippen LogP) is 3.07. The second-order valence-electron chi connectivity index (χ2n) is 4.44. The van der Waals surface area contributed by atoms with Crippen LogP contribution in [0.4, 0.5) is 5.13 Å². The zero-order chi connectivity index (χ0) is 15.5. The van der Waals surface area contributed by atoms with E-state index in [2.05, 4.69) is 15.2 Å². The zero-order valence-corrected chi connectivity index (χ0v) is 12.0. The number of aromatic nitrogens is 2. The van der Waals surface area contributed by atoms with Gasteiger partial charge >= 0.3 is 0 Å². The van der Waals surface area contributed by atoms with E-state index in [1.807, 2.05) is 0 Å². The minimum Gasteiger partial charge on any atom is -0.508 e. The van der Waals surface area contributed by atoms with E-state index in [1.54, 1.807) is 36.5 Å². The molecular formula is C15H11N3O3S.